The summed E-state index contributed by atoms with van der Waals surface area (Å²) in [6.45, 7) is 0.0353. The van der Waals surface area contributed by atoms with E-state index in [0.717, 1.165) is 19.3 Å². The van der Waals surface area contributed by atoms with Gasteiger partial charge in [-0.15, -0.1) is 0 Å². The van der Waals surface area contributed by atoms with Crippen LogP contribution in [0.1, 0.15) is 31.2 Å². The van der Waals surface area contributed by atoms with Gasteiger partial charge in [-0.1, -0.05) is 6.42 Å². The van der Waals surface area contributed by atoms with E-state index in [1.807, 2.05) is 0 Å². The minimum Gasteiger partial charge on any atom is -0.454 e. The normalized spacial score (nSPS) is 22.9. The van der Waals surface area contributed by atoms with E-state index in [2.05, 4.69) is 10.5 Å². The quantitative estimate of drug-likeness (QED) is 0.519. The van der Waals surface area contributed by atoms with Crippen LogP contribution in [0.2, 0.25) is 0 Å². The summed E-state index contributed by atoms with van der Waals surface area (Å²) in [5.74, 6) is 0.700. The number of fused-ring (bicyclic) bond motifs is 1. The van der Waals surface area contributed by atoms with Gasteiger partial charge >= 0.3 is 0 Å². The van der Waals surface area contributed by atoms with Crippen molar-refractivity contribution in [2.45, 2.75) is 25.7 Å². The van der Waals surface area contributed by atoms with E-state index in [0.29, 0.717) is 11.5 Å². The van der Waals surface area contributed by atoms with Gasteiger partial charge in [0, 0.05) is 5.92 Å². The molecule has 23 heavy (non-hydrogen) atoms. The van der Waals surface area contributed by atoms with Gasteiger partial charge < -0.3 is 9.47 Å². The third-order valence-electron chi connectivity index (χ3n) is 4.95. The first-order valence-electron chi connectivity index (χ1n) is 7.50. The van der Waals surface area contributed by atoms with Crippen LogP contribution < -0.4 is 14.9 Å². The van der Waals surface area contributed by atoms with Gasteiger partial charge in [0.25, 0.3) is 5.69 Å². The fourth-order valence-corrected chi connectivity index (χ4v) is 3.35. The smallest absolute Gasteiger partial charge is 0.282 e. The number of nitro groups is 1. The van der Waals surface area contributed by atoms with Crippen molar-refractivity contribution in [3.05, 3.63) is 27.8 Å². The molecule has 8 heteroatoms. The fraction of sp³-hybridized carbons (Fsp3) is 0.467. The van der Waals surface area contributed by atoms with Crippen molar-refractivity contribution in [2.24, 2.45) is 16.4 Å². The molecule has 2 saturated carbocycles. The van der Waals surface area contributed by atoms with E-state index >= 15 is 0 Å². The Morgan fingerprint density at radius 1 is 1.39 bits per heavy atom. The fourth-order valence-electron chi connectivity index (χ4n) is 3.35. The SMILES string of the molecule is O=C(NN=Cc1cc2c(cc1[N+](=O)[O-])OCO2)C1CC12CCC2. The number of carbonyl (C=O) groups is 1. The average Bonchev–Trinajstić information content (AvgIpc) is 3.11. The number of rotatable bonds is 4. The lowest BCUT2D eigenvalue weighted by molar-refractivity contribution is -0.385. The maximum atomic E-state index is 12.0. The first kappa shape index (κ1) is 14.0. The summed E-state index contributed by atoms with van der Waals surface area (Å²) in [6.07, 6.45) is 5.62. The highest BCUT2D eigenvalue weighted by Gasteiger charge is 2.60. The van der Waals surface area contributed by atoms with Crippen LogP contribution in [0.15, 0.2) is 17.2 Å². The summed E-state index contributed by atoms with van der Waals surface area (Å²) in [7, 11) is 0. The number of hydrogen-bond acceptors (Lipinski definition) is 6. The molecule has 0 aromatic heterocycles. The molecule has 1 heterocycles. The molecule has 0 radical (unpaired) electrons. The second-order valence-electron chi connectivity index (χ2n) is 6.23. The van der Waals surface area contributed by atoms with Gasteiger partial charge in [0.1, 0.15) is 0 Å². The predicted octanol–water partition coefficient (Wildman–Crippen LogP) is 1.96. The lowest BCUT2D eigenvalue weighted by Gasteiger charge is -2.25. The minimum atomic E-state index is -0.518. The monoisotopic (exact) mass is 317 g/mol. The molecule has 1 aromatic carbocycles. The van der Waals surface area contributed by atoms with Crippen LogP contribution >= 0.6 is 0 Å². The number of benzene rings is 1. The summed E-state index contributed by atoms with van der Waals surface area (Å²) in [4.78, 5) is 22.6. The first-order valence-corrected chi connectivity index (χ1v) is 7.50. The molecule has 1 aromatic rings. The van der Waals surface area contributed by atoms with E-state index in [-0.39, 0.29) is 35.3 Å². The van der Waals surface area contributed by atoms with Gasteiger partial charge in [-0.3, -0.25) is 14.9 Å². The Bertz CT molecular complexity index is 726. The summed E-state index contributed by atoms with van der Waals surface area (Å²) in [5, 5.41) is 15.0. The van der Waals surface area contributed by atoms with Gasteiger partial charge in [0.2, 0.25) is 12.7 Å². The number of amides is 1. The molecule has 2 fully saturated rings. The van der Waals surface area contributed by atoms with Crippen molar-refractivity contribution in [3.63, 3.8) is 0 Å². The van der Waals surface area contributed by atoms with E-state index in [1.165, 1.54) is 24.8 Å². The highest BCUT2D eigenvalue weighted by molar-refractivity contribution is 5.89. The predicted molar refractivity (Wildman–Crippen MR) is 79.3 cm³/mol. The van der Waals surface area contributed by atoms with Crippen LogP contribution in [-0.2, 0) is 4.79 Å². The highest BCUT2D eigenvalue weighted by Crippen LogP contribution is 2.65. The molecule has 0 saturated heterocycles. The number of nitrogens with one attached hydrogen (secondary N) is 1. The topological polar surface area (TPSA) is 103 Å². The summed E-state index contributed by atoms with van der Waals surface area (Å²) in [5.41, 5.74) is 2.83. The molecule has 1 N–H and O–H groups in total. The Kier molecular flexibility index (Phi) is 3.00. The molecular formula is C15H15N3O5. The van der Waals surface area contributed by atoms with Crippen LogP contribution in [0.25, 0.3) is 0 Å². The molecular weight excluding hydrogens is 302 g/mol. The highest BCUT2D eigenvalue weighted by atomic mass is 16.7. The molecule has 120 valence electrons. The maximum Gasteiger partial charge on any atom is 0.282 e. The van der Waals surface area contributed by atoms with Crippen molar-refractivity contribution < 1.29 is 19.2 Å². The summed E-state index contributed by atoms with van der Waals surface area (Å²) >= 11 is 0. The maximum absolute atomic E-state index is 12.0. The van der Waals surface area contributed by atoms with Crippen LogP contribution in [0.3, 0.4) is 0 Å². The zero-order valence-electron chi connectivity index (χ0n) is 12.3. The van der Waals surface area contributed by atoms with Crippen molar-refractivity contribution in [3.8, 4) is 11.5 Å². The molecule has 1 amide bonds. The zero-order chi connectivity index (χ0) is 16.0. The van der Waals surface area contributed by atoms with Crippen LogP contribution in [0.4, 0.5) is 5.69 Å². The van der Waals surface area contributed by atoms with Gasteiger partial charge in [-0.25, -0.2) is 5.43 Å². The largest absolute Gasteiger partial charge is 0.454 e. The second kappa shape index (κ2) is 4.94. The Morgan fingerprint density at radius 3 is 2.74 bits per heavy atom. The molecule has 2 aliphatic carbocycles. The molecule has 1 atom stereocenters. The lowest BCUT2D eigenvalue weighted by atomic mass is 9.80. The number of hydrogen-bond donors (Lipinski definition) is 1. The van der Waals surface area contributed by atoms with E-state index in [4.69, 9.17) is 9.47 Å². The number of nitro benzene ring substituents is 1. The van der Waals surface area contributed by atoms with Gasteiger partial charge in [-0.2, -0.15) is 5.10 Å². The number of carbonyl (C=O) groups excluding carboxylic acids is 1. The third-order valence-corrected chi connectivity index (χ3v) is 4.95. The zero-order valence-corrected chi connectivity index (χ0v) is 12.3. The van der Waals surface area contributed by atoms with Crippen LogP contribution in [0.5, 0.6) is 11.5 Å². The van der Waals surface area contributed by atoms with Crippen LogP contribution in [-0.4, -0.2) is 23.8 Å². The summed E-state index contributed by atoms with van der Waals surface area (Å²) < 4.78 is 10.3. The van der Waals surface area contributed by atoms with Crippen molar-refractivity contribution in [2.75, 3.05) is 6.79 Å². The standard InChI is InChI=1S/C15H15N3O5/c19-14(10-6-15(10)2-1-3-15)17-16-7-9-4-12-13(23-8-22-12)5-11(9)18(20)21/h4-5,7,10H,1-3,6,8H2,(H,17,19). The van der Waals surface area contributed by atoms with Crippen molar-refractivity contribution in [1.29, 1.82) is 0 Å². The van der Waals surface area contributed by atoms with E-state index < -0.39 is 4.92 Å². The number of nitrogens with zero attached hydrogens (tertiary/aromatic N) is 2. The number of ether oxygens (including phenoxy) is 2. The molecule has 8 nitrogen and oxygen atoms in total. The minimum absolute atomic E-state index is 0.0353. The number of hydrazone groups is 1. The molecule has 0 bridgehead atoms. The van der Waals surface area contributed by atoms with E-state index in [9.17, 15) is 14.9 Å². The lowest BCUT2D eigenvalue weighted by Crippen LogP contribution is -2.26. The first-order chi connectivity index (χ1) is 11.1. The molecule has 1 aliphatic heterocycles. The van der Waals surface area contributed by atoms with Crippen molar-refractivity contribution in [1.82, 2.24) is 5.43 Å². The Balaban J connectivity index is 1.47. The van der Waals surface area contributed by atoms with Crippen molar-refractivity contribution >= 4 is 17.8 Å². The van der Waals surface area contributed by atoms with Gasteiger partial charge in [0.05, 0.1) is 22.8 Å². The Morgan fingerprint density at radius 2 is 2.13 bits per heavy atom. The molecule has 1 unspecified atom stereocenters. The van der Waals surface area contributed by atoms with Gasteiger partial charge in [0.15, 0.2) is 11.5 Å². The van der Waals surface area contributed by atoms with E-state index in [1.54, 1.807) is 0 Å². The third kappa shape index (κ3) is 2.30. The molecule has 4 rings (SSSR count). The molecule has 1 spiro atoms. The Hall–Kier alpha value is -2.64. The van der Waals surface area contributed by atoms with Crippen LogP contribution in [0, 0.1) is 21.4 Å². The average molecular weight is 317 g/mol. The second-order valence-corrected chi connectivity index (χ2v) is 6.23. The Labute approximate surface area is 131 Å². The molecule has 3 aliphatic rings. The van der Waals surface area contributed by atoms with Gasteiger partial charge in [-0.05, 0) is 30.7 Å². The summed E-state index contributed by atoms with van der Waals surface area (Å²) in [6, 6.07) is 2.79.